The Morgan fingerprint density at radius 2 is 1.59 bits per heavy atom. The Bertz CT molecular complexity index is 1950. The second-order valence-corrected chi connectivity index (χ2v) is 9.46. The van der Waals surface area contributed by atoms with Gasteiger partial charge in [-0.25, -0.2) is 4.39 Å². The fourth-order valence-corrected chi connectivity index (χ4v) is 4.57. The monoisotopic (exact) mass is 568 g/mol. The molecular formula is C33H35FN2O5. The van der Waals surface area contributed by atoms with Crippen LogP contribution < -0.4 is 5.32 Å². The molecule has 0 fully saturated rings. The number of aliphatic hydroxyl groups is 2. The maximum Gasteiger partial charge on any atom is 0.305 e. The average molecular weight is 569 g/mol. The quantitative estimate of drug-likeness (QED) is 0.160. The highest BCUT2D eigenvalue weighted by Gasteiger charge is 2.31. The SMILES string of the molecule is [2H]c1cc([2H])c(NC(=O)c2c(-c3c([2H])cc([2H])cc3[2H])c(-c3c([2H])cc(F)cc3[2H])n(CC[C@@H](O)C[C@@H](O)C([2H])([2H])C(=O)O)c2C(C)C)c([2H])c1. The van der Waals surface area contributed by atoms with Crippen molar-refractivity contribution in [2.75, 3.05) is 5.32 Å². The van der Waals surface area contributed by atoms with Crippen LogP contribution in [-0.2, 0) is 11.3 Å². The summed E-state index contributed by atoms with van der Waals surface area (Å²) in [6.45, 7) is 3.05. The molecule has 1 aromatic heterocycles. The zero-order valence-corrected chi connectivity index (χ0v) is 22.3. The molecule has 41 heavy (non-hydrogen) atoms. The fourth-order valence-electron chi connectivity index (χ4n) is 4.57. The zero-order valence-electron chi connectivity index (χ0n) is 32.3. The van der Waals surface area contributed by atoms with E-state index in [0.29, 0.717) is 0 Å². The van der Waals surface area contributed by atoms with Crippen molar-refractivity contribution in [1.82, 2.24) is 4.57 Å². The number of amides is 1. The molecule has 0 aliphatic rings. The summed E-state index contributed by atoms with van der Waals surface area (Å²) < 4.78 is 98.7. The minimum absolute atomic E-state index is 0.120. The van der Waals surface area contributed by atoms with Gasteiger partial charge in [-0.15, -0.1) is 0 Å². The maximum atomic E-state index is 14.5. The van der Waals surface area contributed by atoms with Gasteiger partial charge in [0.05, 0.1) is 40.8 Å². The van der Waals surface area contributed by atoms with Gasteiger partial charge in [0.1, 0.15) is 5.82 Å². The first-order valence-electron chi connectivity index (χ1n) is 17.8. The molecule has 1 heterocycles. The number of nitrogens with one attached hydrogen (secondary N) is 1. The number of carbonyl (C=O) groups is 2. The van der Waals surface area contributed by atoms with E-state index in [2.05, 4.69) is 5.32 Å². The molecule has 7 nitrogen and oxygen atoms in total. The lowest BCUT2D eigenvalue weighted by molar-refractivity contribution is -0.139. The van der Waals surface area contributed by atoms with Gasteiger partial charge in [-0.3, -0.25) is 9.59 Å². The standard InChI is InChI=1S/C33H35FN2O5/c1-21(2)31-30(33(41)35-25-11-7-4-8-12-25)29(22-9-5-3-6-10-22)32(23-13-15-24(34)16-14-23)36(31)18-17-26(37)19-27(38)20-28(39)40/h3-16,21,26-27,37-38H,17-20H2,1-2H3,(H,35,41)(H,39,40)/t26-,27-/m1/s1/i3D,4D,9D,10D,11D,12D,13D,14D,20D2. The zero-order chi connectivity index (χ0) is 38.3. The minimum atomic E-state index is -3.10. The van der Waals surface area contributed by atoms with Gasteiger partial charge >= 0.3 is 5.97 Å². The van der Waals surface area contributed by atoms with Crippen LogP contribution in [0.4, 0.5) is 10.1 Å². The molecule has 0 radical (unpaired) electrons. The number of rotatable bonds is 12. The van der Waals surface area contributed by atoms with Gasteiger partial charge in [-0.2, -0.15) is 0 Å². The van der Waals surface area contributed by atoms with Crippen LogP contribution in [0.5, 0.6) is 0 Å². The highest BCUT2D eigenvalue weighted by Crippen LogP contribution is 2.42. The third-order valence-electron chi connectivity index (χ3n) is 6.18. The van der Waals surface area contributed by atoms with Crippen molar-refractivity contribution in [3.8, 4) is 22.4 Å². The predicted molar refractivity (Wildman–Crippen MR) is 157 cm³/mol. The minimum Gasteiger partial charge on any atom is -0.481 e. The van der Waals surface area contributed by atoms with Crippen LogP contribution in [0.1, 0.15) is 68.7 Å². The second kappa shape index (κ2) is 13.4. The van der Waals surface area contributed by atoms with Crippen molar-refractivity contribution in [3.63, 3.8) is 0 Å². The van der Waals surface area contributed by atoms with E-state index < -0.39 is 72.8 Å². The van der Waals surface area contributed by atoms with E-state index in [4.69, 9.17) is 13.7 Å². The number of aromatic nitrogens is 1. The van der Waals surface area contributed by atoms with Crippen molar-refractivity contribution < 1.29 is 43.0 Å². The number of anilines is 1. The van der Waals surface area contributed by atoms with Crippen LogP contribution in [0.25, 0.3) is 22.4 Å². The van der Waals surface area contributed by atoms with E-state index in [-0.39, 0.29) is 76.5 Å². The van der Waals surface area contributed by atoms with Crippen LogP contribution in [0.15, 0.2) is 84.7 Å². The Morgan fingerprint density at radius 3 is 2.17 bits per heavy atom. The normalized spacial score (nSPS) is 16.5. The summed E-state index contributed by atoms with van der Waals surface area (Å²) in [5, 5.41) is 32.9. The van der Waals surface area contributed by atoms with E-state index >= 15 is 0 Å². The molecule has 0 aliphatic carbocycles. The Kier molecular flexibility index (Phi) is 6.19. The van der Waals surface area contributed by atoms with Crippen LogP contribution in [0.2, 0.25) is 0 Å². The number of hydrogen-bond acceptors (Lipinski definition) is 4. The van der Waals surface area contributed by atoms with E-state index in [9.17, 15) is 29.3 Å². The lowest BCUT2D eigenvalue weighted by Crippen LogP contribution is -2.22. The number of para-hydroxylation sites is 1. The van der Waals surface area contributed by atoms with Crippen molar-refractivity contribution in [1.29, 1.82) is 0 Å². The molecule has 4 N–H and O–H groups in total. The van der Waals surface area contributed by atoms with Gasteiger partial charge in [0.15, 0.2) is 0 Å². The Morgan fingerprint density at radius 1 is 0.976 bits per heavy atom. The summed E-state index contributed by atoms with van der Waals surface area (Å²) in [7, 11) is 0. The van der Waals surface area contributed by atoms with Crippen LogP contribution >= 0.6 is 0 Å². The molecule has 0 saturated carbocycles. The maximum absolute atomic E-state index is 14.5. The van der Waals surface area contributed by atoms with Crippen molar-refractivity contribution >= 4 is 17.6 Å². The van der Waals surface area contributed by atoms with Crippen LogP contribution in [0.3, 0.4) is 0 Å². The Hall–Kier alpha value is -4.27. The van der Waals surface area contributed by atoms with Crippen molar-refractivity contribution in [2.45, 2.75) is 57.7 Å². The molecule has 8 heteroatoms. The van der Waals surface area contributed by atoms with Gasteiger partial charge in [0.25, 0.3) is 5.91 Å². The lowest BCUT2D eigenvalue weighted by Gasteiger charge is -2.20. The molecule has 0 unspecified atom stereocenters. The number of aliphatic hydroxyl groups excluding tert-OH is 2. The van der Waals surface area contributed by atoms with Gasteiger partial charge in [-0.1, -0.05) is 62.3 Å². The number of benzene rings is 3. The summed E-state index contributed by atoms with van der Waals surface area (Å²) in [6.07, 6.45) is -7.80. The molecule has 0 spiro atoms. The average Bonchev–Trinajstić information content (AvgIpc) is 3.31. The summed E-state index contributed by atoms with van der Waals surface area (Å²) >= 11 is 0. The summed E-state index contributed by atoms with van der Waals surface area (Å²) in [5.74, 6) is -4.43. The summed E-state index contributed by atoms with van der Waals surface area (Å²) in [5.41, 5.74) is -1.09. The van der Waals surface area contributed by atoms with Gasteiger partial charge in [0, 0.05) is 26.2 Å². The third-order valence-corrected chi connectivity index (χ3v) is 6.18. The van der Waals surface area contributed by atoms with Crippen molar-refractivity contribution in [2.24, 2.45) is 0 Å². The van der Waals surface area contributed by atoms with Crippen LogP contribution in [0, 0.1) is 5.82 Å². The largest absolute Gasteiger partial charge is 0.481 e. The molecule has 1 amide bonds. The predicted octanol–water partition coefficient (Wildman–Crippen LogP) is 6.31. The van der Waals surface area contributed by atoms with E-state index in [1.807, 2.05) is 0 Å². The highest BCUT2D eigenvalue weighted by atomic mass is 19.1. The molecule has 4 rings (SSSR count). The smallest absolute Gasteiger partial charge is 0.305 e. The fraction of sp³-hybridized carbons (Fsp3) is 0.273. The van der Waals surface area contributed by atoms with E-state index in [1.165, 1.54) is 4.57 Å². The molecule has 0 aliphatic heterocycles. The topological polar surface area (TPSA) is 112 Å². The van der Waals surface area contributed by atoms with E-state index in [0.717, 1.165) is 36.4 Å². The number of carbonyl (C=O) groups excluding carboxylic acids is 1. The molecule has 0 bridgehead atoms. The van der Waals surface area contributed by atoms with E-state index in [1.54, 1.807) is 13.8 Å². The number of carboxylic acids is 1. The molecule has 3 aromatic carbocycles. The molecule has 0 saturated heterocycles. The first-order chi connectivity index (χ1) is 23.7. The second-order valence-electron chi connectivity index (χ2n) is 9.46. The Balaban J connectivity index is 2.09. The number of hydrogen-bond donors (Lipinski definition) is 4. The molecular weight excluding hydrogens is 523 g/mol. The summed E-state index contributed by atoms with van der Waals surface area (Å²) in [6, 6.07) is 3.15. The van der Waals surface area contributed by atoms with Gasteiger partial charge in [-0.05, 0) is 66.2 Å². The van der Waals surface area contributed by atoms with Gasteiger partial charge < -0.3 is 25.2 Å². The number of nitrogens with zero attached hydrogens (tertiary/aromatic N) is 1. The Labute approximate surface area is 253 Å². The highest BCUT2D eigenvalue weighted by molar-refractivity contribution is 6.12. The number of carboxylic acid groups (broad SMARTS) is 1. The third kappa shape index (κ3) is 7.28. The number of halogens is 1. The van der Waals surface area contributed by atoms with Crippen molar-refractivity contribution in [3.05, 3.63) is 102 Å². The lowest BCUT2D eigenvalue weighted by atomic mass is 9.94. The first kappa shape index (κ1) is 19.0. The summed E-state index contributed by atoms with van der Waals surface area (Å²) in [4.78, 5) is 25.8. The molecule has 4 aromatic rings. The number of aliphatic carboxylic acids is 1. The van der Waals surface area contributed by atoms with Gasteiger partial charge in [0.2, 0.25) is 0 Å². The van der Waals surface area contributed by atoms with Crippen LogP contribution in [-0.4, -0.2) is 44.0 Å². The molecule has 2 atom stereocenters. The first-order valence-corrected chi connectivity index (χ1v) is 12.8. The molecule has 214 valence electrons.